The summed E-state index contributed by atoms with van der Waals surface area (Å²) in [5.74, 6) is -0.181. The fraction of sp³-hybridized carbons (Fsp3) is 0.250. The second-order valence-electron chi connectivity index (χ2n) is 3.82. The van der Waals surface area contributed by atoms with Crippen molar-refractivity contribution in [3.8, 4) is 5.75 Å². The van der Waals surface area contributed by atoms with E-state index in [0.29, 0.717) is 13.1 Å². The van der Waals surface area contributed by atoms with Gasteiger partial charge in [0.15, 0.2) is 11.6 Å². The van der Waals surface area contributed by atoms with Crippen molar-refractivity contribution < 1.29 is 14.0 Å². The van der Waals surface area contributed by atoms with Crippen molar-refractivity contribution in [2.24, 2.45) is 0 Å². The van der Waals surface area contributed by atoms with Crippen molar-refractivity contribution in [3.63, 3.8) is 0 Å². The number of aromatic nitrogens is 1. The zero-order valence-electron chi connectivity index (χ0n) is 9.40. The van der Waals surface area contributed by atoms with E-state index in [1.807, 2.05) is 13.0 Å². The van der Waals surface area contributed by atoms with Gasteiger partial charge in [-0.2, -0.15) is 0 Å². The van der Waals surface area contributed by atoms with Crippen LogP contribution in [0.15, 0.2) is 28.8 Å². The highest BCUT2D eigenvalue weighted by atomic mass is 19.1. The molecule has 0 aliphatic carbocycles. The molecule has 0 atom stereocenters. The van der Waals surface area contributed by atoms with Crippen molar-refractivity contribution in [2.45, 2.75) is 20.0 Å². The SMILES string of the molecule is Cc1cc(CNCc2ccc(O)c(F)c2)no1. The van der Waals surface area contributed by atoms with E-state index in [1.165, 1.54) is 12.1 Å². The molecule has 0 bridgehead atoms. The van der Waals surface area contributed by atoms with E-state index in [0.717, 1.165) is 17.0 Å². The first-order valence-electron chi connectivity index (χ1n) is 5.25. The summed E-state index contributed by atoms with van der Waals surface area (Å²) in [6.07, 6.45) is 0. The number of hydrogen-bond donors (Lipinski definition) is 2. The molecule has 0 aliphatic rings. The van der Waals surface area contributed by atoms with E-state index in [1.54, 1.807) is 6.07 Å². The fourth-order valence-electron chi connectivity index (χ4n) is 1.50. The molecule has 1 aromatic heterocycles. The number of phenols is 1. The first-order chi connectivity index (χ1) is 8.15. The Morgan fingerprint density at radius 1 is 1.35 bits per heavy atom. The minimum atomic E-state index is -0.610. The van der Waals surface area contributed by atoms with E-state index in [4.69, 9.17) is 9.63 Å². The predicted octanol–water partition coefficient (Wildman–Crippen LogP) is 2.12. The van der Waals surface area contributed by atoms with E-state index in [-0.39, 0.29) is 5.75 Å². The monoisotopic (exact) mass is 236 g/mol. The van der Waals surface area contributed by atoms with Gasteiger partial charge in [-0.25, -0.2) is 4.39 Å². The summed E-state index contributed by atoms with van der Waals surface area (Å²) in [6.45, 7) is 2.88. The Morgan fingerprint density at radius 2 is 2.18 bits per heavy atom. The van der Waals surface area contributed by atoms with Crippen LogP contribution in [0.4, 0.5) is 4.39 Å². The summed E-state index contributed by atoms with van der Waals surface area (Å²) in [7, 11) is 0. The molecule has 17 heavy (non-hydrogen) atoms. The van der Waals surface area contributed by atoms with Crippen LogP contribution in [0.2, 0.25) is 0 Å². The largest absolute Gasteiger partial charge is 0.505 e. The van der Waals surface area contributed by atoms with Crippen molar-refractivity contribution >= 4 is 0 Å². The first-order valence-corrected chi connectivity index (χ1v) is 5.25. The normalized spacial score (nSPS) is 10.7. The Kier molecular flexibility index (Phi) is 3.39. The summed E-state index contributed by atoms with van der Waals surface area (Å²) in [6, 6.07) is 6.15. The Bertz CT molecular complexity index is 511. The van der Waals surface area contributed by atoms with Crippen LogP contribution in [0.3, 0.4) is 0 Å². The minimum absolute atomic E-state index is 0.333. The smallest absolute Gasteiger partial charge is 0.165 e. The van der Waals surface area contributed by atoms with Gasteiger partial charge in [-0.05, 0) is 24.6 Å². The number of halogens is 1. The number of rotatable bonds is 4. The van der Waals surface area contributed by atoms with E-state index in [2.05, 4.69) is 10.5 Å². The molecule has 2 N–H and O–H groups in total. The summed E-state index contributed by atoms with van der Waals surface area (Å²) in [5.41, 5.74) is 1.57. The van der Waals surface area contributed by atoms with Gasteiger partial charge in [0, 0.05) is 19.2 Å². The van der Waals surface area contributed by atoms with Gasteiger partial charge in [0.25, 0.3) is 0 Å². The van der Waals surface area contributed by atoms with Gasteiger partial charge in [0.2, 0.25) is 0 Å². The number of nitrogens with zero attached hydrogens (tertiary/aromatic N) is 1. The topological polar surface area (TPSA) is 58.3 Å². The zero-order chi connectivity index (χ0) is 12.3. The molecule has 0 saturated carbocycles. The average molecular weight is 236 g/mol. The van der Waals surface area contributed by atoms with Crippen LogP contribution >= 0.6 is 0 Å². The van der Waals surface area contributed by atoms with Gasteiger partial charge < -0.3 is 14.9 Å². The highest BCUT2D eigenvalue weighted by Crippen LogP contribution is 2.15. The number of aromatic hydroxyl groups is 1. The van der Waals surface area contributed by atoms with Gasteiger partial charge in [-0.1, -0.05) is 11.2 Å². The average Bonchev–Trinajstić information content (AvgIpc) is 2.70. The third kappa shape index (κ3) is 3.04. The molecular formula is C12H13FN2O2. The maximum Gasteiger partial charge on any atom is 0.165 e. The zero-order valence-corrected chi connectivity index (χ0v) is 9.40. The Labute approximate surface area is 98.1 Å². The summed E-state index contributed by atoms with van der Waals surface area (Å²) < 4.78 is 17.9. The highest BCUT2D eigenvalue weighted by molar-refractivity contribution is 5.27. The van der Waals surface area contributed by atoms with E-state index >= 15 is 0 Å². The number of benzene rings is 1. The Morgan fingerprint density at radius 3 is 2.82 bits per heavy atom. The molecule has 2 rings (SSSR count). The van der Waals surface area contributed by atoms with Crippen LogP contribution in [0.1, 0.15) is 17.0 Å². The number of aryl methyl sites for hydroxylation is 1. The quantitative estimate of drug-likeness (QED) is 0.853. The lowest BCUT2D eigenvalue weighted by Gasteiger charge is -2.03. The van der Waals surface area contributed by atoms with Crippen LogP contribution in [-0.4, -0.2) is 10.3 Å². The maximum atomic E-state index is 13.0. The molecule has 90 valence electrons. The second kappa shape index (κ2) is 4.97. The summed E-state index contributed by atoms with van der Waals surface area (Å²) in [5, 5.41) is 16.0. The molecule has 0 amide bonds. The molecule has 0 aliphatic heterocycles. The molecule has 2 aromatic rings. The highest BCUT2D eigenvalue weighted by Gasteiger charge is 2.02. The van der Waals surface area contributed by atoms with Crippen LogP contribution in [0, 0.1) is 12.7 Å². The van der Waals surface area contributed by atoms with Crippen molar-refractivity contribution in [3.05, 3.63) is 47.1 Å². The number of phenolic OH excluding ortho intramolecular Hbond substituents is 1. The standard InChI is InChI=1S/C12H13FN2O2/c1-8-4-10(15-17-8)7-14-6-9-2-3-12(16)11(13)5-9/h2-5,14,16H,6-7H2,1H3. The van der Waals surface area contributed by atoms with Crippen molar-refractivity contribution in [1.82, 2.24) is 10.5 Å². The molecule has 0 saturated heterocycles. The summed E-state index contributed by atoms with van der Waals surface area (Å²) in [4.78, 5) is 0. The van der Waals surface area contributed by atoms with Crippen LogP contribution in [0.5, 0.6) is 5.75 Å². The lowest BCUT2D eigenvalue weighted by molar-refractivity contribution is 0.388. The molecular weight excluding hydrogens is 223 g/mol. The van der Waals surface area contributed by atoms with Crippen LogP contribution in [0.25, 0.3) is 0 Å². The van der Waals surface area contributed by atoms with Crippen LogP contribution < -0.4 is 5.32 Å². The Balaban J connectivity index is 1.87. The van der Waals surface area contributed by atoms with Gasteiger partial charge >= 0.3 is 0 Å². The maximum absolute atomic E-state index is 13.0. The van der Waals surface area contributed by atoms with Crippen LogP contribution in [-0.2, 0) is 13.1 Å². The molecule has 1 aromatic carbocycles. The Hall–Kier alpha value is -1.88. The number of nitrogens with one attached hydrogen (secondary N) is 1. The molecule has 0 spiro atoms. The van der Waals surface area contributed by atoms with Gasteiger partial charge in [-0.15, -0.1) is 0 Å². The van der Waals surface area contributed by atoms with E-state index in [9.17, 15) is 4.39 Å². The lowest BCUT2D eigenvalue weighted by atomic mass is 10.2. The van der Waals surface area contributed by atoms with Crippen molar-refractivity contribution in [2.75, 3.05) is 0 Å². The fourth-order valence-corrected chi connectivity index (χ4v) is 1.50. The van der Waals surface area contributed by atoms with E-state index < -0.39 is 5.82 Å². The summed E-state index contributed by atoms with van der Waals surface area (Å²) >= 11 is 0. The molecule has 0 fully saturated rings. The third-order valence-electron chi connectivity index (χ3n) is 2.32. The second-order valence-corrected chi connectivity index (χ2v) is 3.82. The molecule has 0 radical (unpaired) electrons. The van der Waals surface area contributed by atoms with Gasteiger partial charge in [0.1, 0.15) is 5.76 Å². The molecule has 4 nitrogen and oxygen atoms in total. The third-order valence-corrected chi connectivity index (χ3v) is 2.32. The van der Waals surface area contributed by atoms with Gasteiger partial charge in [0.05, 0.1) is 5.69 Å². The van der Waals surface area contributed by atoms with Crippen molar-refractivity contribution in [1.29, 1.82) is 0 Å². The number of hydrogen-bond acceptors (Lipinski definition) is 4. The van der Waals surface area contributed by atoms with Gasteiger partial charge in [-0.3, -0.25) is 0 Å². The minimum Gasteiger partial charge on any atom is -0.505 e. The molecule has 0 unspecified atom stereocenters. The lowest BCUT2D eigenvalue weighted by Crippen LogP contribution is -2.12. The predicted molar refractivity (Wildman–Crippen MR) is 59.8 cm³/mol. The molecule has 5 heteroatoms. The first kappa shape index (κ1) is 11.6. The molecule has 1 heterocycles.